The van der Waals surface area contributed by atoms with Crippen molar-refractivity contribution in [1.29, 1.82) is 0 Å². The molecule has 0 heterocycles. The van der Waals surface area contributed by atoms with Gasteiger partial charge in [0.25, 0.3) is 0 Å². The van der Waals surface area contributed by atoms with Gasteiger partial charge in [0, 0.05) is 23.4 Å². The van der Waals surface area contributed by atoms with Crippen molar-refractivity contribution in [2.24, 2.45) is 46.3 Å². The van der Waals surface area contributed by atoms with Crippen LogP contribution in [0.2, 0.25) is 0 Å². The summed E-state index contributed by atoms with van der Waals surface area (Å²) in [7, 11) is 0. The van der Waals surface area contributed by atoms with E-state index in [-0.39, 0.29) is 16.9 Å². The minimum atomic E-state index is -0.0649. The van der Waals surface area contributed by atoms with Crippen LogP contribution in [0.15, 0.2) is 0 Å². The Kier molecular flexibility index (Phi) is 4.96. The molecule has 8 bridgehead atoms. The van der Waals surface area contributed by atoms with Crippen LogP contribution in [0.3, 0.4) is 0 Å². The van der Waals surface area contributed by atoms with Crippen LogP contribution in [0.25, 0.3) is 0 Å². The molecule has 8 saturated carbocycles. The van der Waals surface area contributed by atoms with E-state index in [0.717, 1.165) is 86.9 Å². The number of hydrogen-bond donors (Lipinski definition) is 2. The second-order valence-corrected chi connectivity index (χ2v) is 13.0. The summed E-state index contributed by atoms with van der Waals surface area (Å²) < 4.78 is 0. The van der Waals surface area contributed by atoms with Crippen LogP contribution < -0.4 is 10.6 Å². The highest BCUT2D eigenvalue weighted by atomic mass is 16.2. The van der Waals surface area contributed by atoms with Gasteiger partial charge in [-0.15, -0.1) is 0 Å². The van der Waals surface area contributed by atoms with Crippen molar-refractivity contribution in [1.82, 2.24) is 10.6 Å². The number of hydrogen-bond acceptors (Lipinski definition) is 2. The monoisotopic (exact) mass is 426 g/mol. The fourth-order valence-corrected chi connectivity index (χ4v) is 10.0. The molecule has 2 amide bonds. The summed E-state index contributed by atoms with van der Waals surface area (Å²) in [4.78, 5) is 26.6. The van der Waals surface area contributed by atoms with Gasteiger partial charge in [-0.3, -0.25) is 9.59 Å². The molecule has 0 aromatic heterocycles. The fraction of sp³-hybridized carbons (Fsp3) is 0.926. The van der Waals surface area contributed by atoms with E-state index < -0.39 is 0 Å². The van der Waals surface area contributed by atoms with Crippen LogP contribution in [0.5, 0.6) is 0 Å². The van der Waals surface area contributed by atoms with Gasteiger partial charge < -0.3 is 10.6 Å². The van der Waals surface area contributed by atoms with Crippen molar-refractivity contribution >= 4 is 11.8 Å². The maximum absolute atomic E-state index is 13.4. The molecule has 172 valence electrons. The SMILES string of the molecule is CC[C@H](CCNC(=O)C12CC3CC(CC(C3)C1)C2)NC(=O)C12CC3CC(CC(C3)C1)C2. The molecule has 2 N–H and O–H groups in total. The molecule has 8 aliphatic carbocycles. The van der Waals surface area contributed by atoms with Gasteiger partial charge in [0.2, 0.25) is 11.8 Å². The van der Waals surface area contributed by atoms with Gasteiger partial charge in [0.05, 0.1) is 0 Å². The topological polar surface area (TPSA) is 58.2 Å². The first-order chi connectivity index (χ1) is 15.0. The zero-order chi connectivity index (χ0) is 21.2. The van der Waals surface area contributed by atoms with E-state index in [0.29, 0.717) is 18.4 Å². The van der Waals surface area contributed by atoms with Crippen molar-refractivity contribution in [2.45, 2.75) is 103 Å². The molecule has 1 atom stereocenters. The first-order valence-electron chi connectivity index (χ1n) is 13.5. The number of rotatable bonds is 7. The third-order valence-corrected chi connectivity index (χ3v) is 10.6. The highest BCUT2D eigenvalue weighted by Gasteiger charge is 2.55. The van der Waals surface area contributed by atoms with E-state index in [1.54, 1.807) is 0 Å². The lowest BCUT2D eigenvalue weighted by Gasteiger charge is -2.56. The summed E-state index contributed by atoms with van der Waals surface area (Å²) in [5.41, 5.74) is -0.122. The number of carbonyl (C=O) groups excluding carboxylic acids is 2. The van der Waals surface area contributed by atoms with Crippen molar-refractivity contribution in [3.8, 4) is 0 Å². The van der Waals surface area contributed by atoms with Crippen LogP contribution in [-0.2, 0) is 9.59 Å². The summed E-state index contributed by atoms with van der Waals surface area (Å²) in [6.45, 7) is 2.88. The summed E-state index contributed by atoms with van der Waals surface area (Å²) in [5.74, 6) is 5.49. The first-order valence-corrected chi connectivity index (χ1v) is 13.5. The molecular weight excluding hydrogens is 384 g/mol. The highest BCUT2D eigenvalue weighted by molar-refractivity contribution is 5.84. The van der Waals surface area contributed by atoms with E-state index in [1.165, 1.54) is 38.5 Å². The lowest BCUT2D eigenvalue weighted by atomic mass is 9.49. The van der Waals surface area contributed by atoms with Crippen molar-refractivity contribution in [2.75, 3.05) is 6.54 Å². The first kappa shape index (κ1) is 20.5. The molecule has 8 rings (SSSR count). The van der Waals surface area contributed by atoms with Gasteiger partial charge in [-0.05, 0) is 125 Å². The van der Waals surface area contributed by atoms with Crippen LogP contribution in [0.4, 0.5) is 0 Å². The molecular formula is C27H42N2O2. The average Bonchev–Trinajstić information content (AvgIpc) is 2.70. The molecule has 4 heteroatoms. The molecule has 8 aliphatic rings. The second kappa shape index (κ2) is 7.48. The summed E-state index contributed by atoms with van der Waals surface area (Å²) >= 11 is 0. The van der Waals surface area contributed by atoms with E-state index in [4.69, 9.17) is 0 Å². The Morgan fingerprint density at radius 3 is 1.48 bits per heavy atom. The number of amides is 2. The molecule has 0 radical (unpaired) electrons. The highest BCUT2D eigenvalue weighted by Crippen LogP contribution is 2.61. The maximum Gasteiger partial charge on any atom is 0.226 e. The molecule has 0 unspecified atom stereocenters. The Hall–Kier alpha value is -1.06. The van der Waals surface area contributed by atoms with Gasteiger partial charge >= 0.3 is 0 Å². The van der Waals surface area contributed by atoms with E-state index in [9.17, 15) is 9.59 Å². The van der Waals surface area contributed by atoms with Gasteiger partial charge in [0.15, 0.2) is 0 Å². The summed E-state index contributed by atoms with van der Waals surface area (Å²) in [6.07, 6.45) is 16.8. The number of carbonyl (C=O) groups is 2. The third kappa shape index (κ3) is 3.55. The smallest absolute Gasteiger partial charge is 0.226 e. The molecule has 0 aromatic rings. The van der Waals surface area contributed by atoms with Crippen LogP contribution in [0, 0.1) is 46.3 Å². The second-order valence-electron chi connectivity index (χ2n) is 13.0. The average molecular weight is 427 g/mol. The Labute approximate surface area is 188 Å². The Morgan fingerprint density at radius 1 is 0.710 bits per heavy atom. The number of nitrogens with one attached hydrogen (secondary N) is 2. The Morgan fingerprint density at radius 2 is 1.10 bits per heavy atom. The standard InChI is InChI=1S/C27H42N2O2/c1-2-23(29-25(31)27-14-20-8-21(15-27)10-22(9-20)16-27)3-4-28-24(30)26-11-17-5-18(12-26)7-19(6-17)13-26/h17-23H,2-16H2,1H3,(H,28,30)(H,29,31)/t17?,18?,19?,20?,21?,22?,23-,26?,27?/m1/s1. The van der Waals surface area contributed by atoms with Gasteiger partial charge in [-0.25, -0.2) is 0 Å². The molecule has 4 nitrogen and oxygen atoms in total. The quantitative estimate of drug-likeness (QED) is 0.613. The fourth-order valence-electron chi connectivity index (χ4n) is 10.0. The normalized spacial score (nSPS) is 47.4. The minimum Gasteiger partial charge on any atom is -0.356 e. The molecule has 0 saturated heterocycles. The largest absolute Gasteiger partial charge is 0.356 e. The lowest BCUT2D eigenvalue weighted by Crippen LogP contribution is -2.55. The van der Waals surface area contributed by atoms with Crippen LogP contribution in [0.1, 0.15) is 96.8 Å². The van der Waals surface area contributed by atoms with E-state index in [2.05, 4.69) is 17.6 Å². The predicted molar refractivity (Wildman–Crippen MR) is 121 cm³/mol. The van der Waals surface area contributed by atoms with Gasteiger partial charge in [-0.1, -0.05) is 6.92 Å². The molecule has 0 aliphatic heterocycles. The van der Waals surface area contributed by atoms with E-state index in [1.807, 2.05) is 0 Å². The van der Waals surface area contributed by atoms with Crippen molar-refractivity contribution in [3.63, 3.8) is 0 Å². The van der Waals surface area contributed by atoms with Crippen LogP contribution in [-0.4, -0.2) is 24.4 Å². The molecule has 8 fully saturated rings. The third-order valence-electron chi connectivity index (χ3n) is 10.6. The summed E-state index contributed by atoms with van der Waals surface area (Å²) in [5, 5.41) is 6.77. The maximum atomic E-state index is 13.4. The lowest BCUT2D eigenvalue weighted by molar-refractivity contribution is -0.147. The molecule has 0 aromatic carbocycles. The minimum absolute atomic E-state index is 0.0566. The zero-order valence-corrected chi connectivity index (χ0v) is 19.5. The summed E-state index contributed by atoms with van der Waals surface area (Å²) in [6, 6.07) is 0.192. The van der Waals surface area contributed by atoms with E-state index >= 15 is 0 Å². The zero-order valence-electron chi connectivity index (χ0n) is 19.5. The molecule has 0 spiro atoms. The predicted octanol–water partition coefficient (Wildman–Crippen LogP) is 4.82. The Balaban J connectivity index is 1.02. The van der Waals surface area contributed by atoms with Crippen LogP contribution >= 0.6 is 0 Å². The van der Waals surface area contributed by atoms with Gasteiger partial charge in [-0.2, -0.15) is 0 Å². The van der Waals surface area contributed by atoms with Gasteiger partial charge in [0.1, 0.15) is 0 Å². The van der Waals surface area contributed by atoms with Crippen molar-refractivity contribution in [3.05, 3.63) is 0 Å². The van der Waals surface area contributed by atoms with Crippen molar-refractivity contribution < 1.29 is 9.59 Å². The molecule has 31 heavy (non-hydrogen) atoms. The Bertz CT molecular complexity index is 673.